The normalized spacial score (nSPS) is 13.8. The Hall–Kier alpha value is -1.20. The molecule has 82 valence electrons. The molecule has 0 atom stereocenters. The van der Waals surface area contributed by atoms with Gasteiger partial charge in [-0.25, -0.2) is 4.98 Å². The van der Waals surface area contributed by atoms with Crippen LogP contribution in [-0.4, -0.2) is 10.9 Å². The lowest BCUT2D eigenvalue weighted by Gasteiger charge is -1.97. The highest BCUT2D eigenvalue weighted by Gasteiger charge is 2.18. The number of aryl methyl sites for hydroxylation is 2. The van der Waals surface area contributed by atoms with E-state index in [2.05, 4.69) is 10.3 Å². The van der Waals surface area contributed by atoms with Gasteiger partial charge in [0, 0.05) is 16.5 Å². The number of hydrogen-bond acceptors (Lipinski definition) is 4. The SMILES string of the molecule is O=C(Nc1nccs1)c1cc2c(s1)CCC2. The number of hydrogen-bond donors (Lipinski definition) is 1. The third-order valence-corrected chi connectivity index (χ3v) is 4.55. The average molecular weight is 250 g/mol. The summed E-state index contributed by atoms with van der Waals surface area (Å²) in [6.45, 7) is 0. The highest BCUT2D eigenvalue weighted by Crippen LogP contribution is 2.31. The van der Waals surface area contributed by atoms with E-state index in [4.69, 9.17) is 0 Å². The van der Waals surface area contributed by atoms with Crippen molar-refractivity contribution in [3.8, 4) is 0 Å². The van der Waals surface area contributed by atoms with Crippen LogP contribution in [-0.2, 0) is 12.8 Å². The summed E-state index contributed by atoms with van der Waals surface area (Å²) in [4.78, 5) is 18.1. The Balaban J connectivity index is 1.79. The molecule has 2 aromatic heterocycles. The number of amides is 1. The van der Waals surface area contributed by atoms with Crippen LogP contribution in [0.4, 0.5) is 5.13 Å². The Labute approximate surface area is 101 Å². The second-order valence-electron chi connectivity index (χ2n) is 3.70. The monoisotopic (exact) mass is 250 g/mol. The zero-order valence-electron chi connectivity index (χ0n) is 8.53. The summed E-state index contributed by atoms with van der Waals surface area (Å²) < 4.78 is 0. The van der Waals surface area contributed by atoms with Crippen LogP contribution in [0.3, 0.4) is 0 Å². The van der Waals surface area contributed by atoms with Crippen molar-refractivity contribution < 1.29 is 4.79 Å². The van der Waals surface area contributed by atoms with Gasteiger partial charge in [-0.2, -0.15) is 0 Å². The number of thiazole rings is 1. The lowest BCUT2D eigenvalue weighted by molar-refractivity contribution is 0.103. The molecule has 0 radical (unpaired) electrons. The summed E-state index contributed by atoms with van der Waals surface area (Å²) >= 11 is 3.05. The number of carbonyl (C=O) groups excluding carboxylic acids is 1. The highest BCUT2D eigenvalue weighted by molar-refractivity contribution is 7.15. The van der Waals surface area contributed by atoms with Crippen molar-refractivity contribution in [2.45, 2.75) is 19.3 Å². The molecule has 0 fully saturated rings. The number of fused-ring (bicyclic) bond motifs is 1. The molecule has 2 aromatic rings. The van der Waals surface area contributed by atoms with E-state index in [1.807, 2.05) is 11.4 Å². The van der Waals surface area contributed by atoms with E-state index >= 15 is 0 Å². The maximum Gasteiger partial charge on any atom is 0.267 e. The summed E-state index contributed by atoms with van der Waals surface area (Å²) in [7, 11) is 0. The number of rotatable bonds is 2. The molecule has 0 saturated heterocycles. The van der Waals surface area contributed by atoms with Crippen molar-refractivity contribution in [2.24, 2.45) is 0 Å². The zero-order chi connectivity index (χ0) is 11.0. The average Bonchev–Trinajstić information content (AvgIpc) is 2.91. The molecule has 1 aliphatic carbocycles. The Bertz CT molecular complexity index is 495. The van der Waals surface area contributed by atoms with Crippen molar-refractivity contribution in [2.75, 3.05) is 5.32 Å². The van der Waals surface area contributed by atoms with E-state index in [0.717, 1.165) is 17.7 Å². The van der Waals surface area contributed by atoms with Crippen LogP contribution in [0.1, 0.15) is 26.5 Å². The zero-order valence-corrected chi connectivity index (χ0v) is 10.2. The van der Waals surface area contributed by atoms with E-state index in [-0.39, 0.29) is 5.91 Å². The number of nitrogens with one attached hydrogen (secondary N) is 1. The van der Waals surface area contributed by atoms with E-state index < -0.39 is 0 Å². The molecule has 0 aromatic carbocycles. The molecular formula is C11H10N2OS2. The number of carbonyl (C=O) groups is 1. The van der Waals surface area contributed by atoms with Crippen molar-refractivity contribution in [3.05, 3.63) is 33.0 Å². The van der Waals surface area contributed by atoms with Gasteiger partial charge in [0.15, 0.2) is 5.13 Å². The Morgan fingerprint density at radius 2 is 2.38 bits per heavy atom. The molecule has 1 amide bonds. The van der Waals surface area contributed by atoms with E-state index in [1.165, 1.54) is 28.2 Å². The van der Waals surface area contributed by atoms with Gasteiger partial charge in [0.25, 0.3) is 5.91 Å². The highest BCUT2D eigenvalue weighted by atomic mass is 32.1. The van der Waals surface area contributed by atoms with Crippen LogP contribution >= 0.6 is 22.7 Å². The van der Waals surface area contributed by atoms with Gasteiger partial charge in [0.05, 0.1) is 4.88 Å². The molecule has 16 heavy (non-hydrogen) atoms. The van der Waals surface area contributed by atoms with Crippen molar-refractivity contribution in [1.82, 2.24) is 4.98 Å². The number of aromatic nitrogens is 1. The fourth-order valence-electron chi connectivity index (χ4n) is 1.88. The number of thiophene rings is 1. The lowest BCUT2D eigenvalue weighted by Crippen LogP contribution is -2.09. The Kier molecular flexibility index (Phi) is 2.49. The molecule has 5 heteroatoms. The topological polar surface area (TPSA) is 42.0 Å². The minimum absolute atomic E-state index is 0.0330. The minimum atomic E-state index is -0.0330. The second kappa shape index (κ2) is 3.99. The van der Waals surface area contributed by atoms with Gasteiger partial charge in [0.2, 0.25) is 0 Å². The maximum absolute atomic E-state index is 11.9. The van der Waals surface area contributed by atoms with Crippen LogP contribution < -0.4 is 5.32 Å². The smallest absolute Gasteiger partial charge is 0.267 e. The third-order valence-electron chi connectivity index (χ3n) is 2.62. The van der Waals surface area contributed by atoms with E-state index in [1.54, 1.807) is 17.5 Å². The van der Waals surface area contributed by atoms with E-state index in [9.17, 15) is 4.79 Å². The first-order valence-corrected chi connectivity index (χ1v) is 6.85. The molecule has 0 unspecified atom stereocenters. The first kappa shape index (κ1) is 9.99. The van der Waals surface area contributed by atoms with Gasteiger partial charge >= 0.3 is 0 Å². The molecular weight excluding hydrogens is 240 g/mol. The molecule has 1 N–H and O–H groups in total. The summed E-state index contributed by atoms with van der Waals surface area (Å²) in [6, 6.07) is 2.02. The molecule has 3 nitrogen and oxygen atoms in total. The largest absolute Gasteiger partial charge is 0.297 e. The van der Waals surface area contributed by atoms with Gasteiger partial charge in [0.1, 0.15) is 0 Å². The first-order chi connectivity index (χ1) is 7.83. The maximum atomic E-state index is 11.9. The fraction of sp³-hybridized carbons (Fsp3) is 0.273. The molecule has 0 saturated carbocycles. The third kappa shape index (κ3) is 1.76. The summed E-state index contributed by atoms with van der Waals surface area (Å²) in [5.74, 6) is -0.0330. The Morgan fingerprint density at radius 3 is 3.12 bits per heavy atom. The Morgan fingerprint density at radius 1 is 1.44 bits per heavy atom. The van der Waals surface area contributed by atoms with Crippen LogP contribution in [0.15, 0.2) is 17.6 Å². The molecule has 1 aliphatic rings. The quantitative estimate of drug-likeness (QED) is 0.890. The van der Waals surface area contributed by atoms with Crippen molar-refractivity contribution in [3.63, 3.8) is 0 Å². The van der Waals surface area contributed by atoms with Crippen LogP contribution in [0, 0.1) is 0 Å². The molecule has 3 rings (SSSR count). The van der Waals surface area contributed by atoms with Gasteiger partial charge < -0.3 is 0 Å². The van der Waals surface area contributed by atoms with Crippen molar-refractivity contribution >= 4 is 33.7 Å². The lowest BCUT2D eigenvalue weighted by atomic mass is 10.2. The predicted molar refractivity (Wildman–Crippen MR) is 66.4 cm³/mol. The predicted octanol–water partition coefficient (Wildman–Crippen LogP) is 2.95. The van der Waals surface area contributed by atoms with Gasteiger partial charge in [-0.1, -0.05) is 0 Å². The molecule has 0 aliphatic heterocycles. The number of anilines is 1. The van der Waals surface area contributed by atoms with E-state index in [0.29, 0.717) is 5.13 Å². The fourth-order valence-corrected chi connectivity index (χ4v) is 3.56. The first-order valence-electron chi connectivity index (χ1n) is 5.15. The van der Waals surface area contributed by atoms with Crippen LogP contribution in [0.25, 0.3) is 0 Å². The summed E-state index contributed by atoms with van der Waals surface area (Å²) in [5, 5.41) is 5.32. The van der Waals surface area contributed by atoms with Crippen molar-refractivity contribution in [1.29, 1.82) is 0 Å². The van der Waals surface area contributed by atoms with Crippen LogP contribution in [0.2, 0.25) is 0 Å². The standard InChI is InChI=1S/C11H10N2OS2/c14-10(13-11-12-4-5-15-11)9-6-7-2-1-3-8(7)16-9/h4-6H,1-3H2,(H,12,13,14). The molecule has 0 spiro atoms. The van der Waals surface area contributed by atoms with Gasteiger partial charge in [-0.05, 0) is 30.9 Å². The summed E-state index contributed by atoms with van der Waals surface area (Å²) in [6.07, 6.45) is 5.17. The van der Waals surface area contributed by atoms with Gasteiger partial charge in [-0.15, -0.1) is 22.7 Å². The molecule has 0 bridgehead atoms. The summed E-state index contributed by atoms with van der Waals surface area (Å²) in [5.41, 5.74) is 1.36. The van der Waals surface area contributed by atoms with Gasteiger partial charge in [-0.3, -0.25) is 10.1 Å². The minimum Gasteiger partial charge on any atom is -0.297 e. The number of nitrogens with zero attached hydrogens (tertiary/aromatic N) is 1. The second-order valence-corrected chi connectivity index (χ2v) is 5.74. The molecule has 2 heterocycles. The van der Waals surface area contributed by atoms with Crippen LogP contribution in [0.5, 0.6) is 0 Å².